The van der Waals surface area contributed by atoms with Crippen molar-refractivity contribution in [2.45, 2.75) is 26.3 Å². The molecular formula is C30H26N2O3. The summed E-state index contributed by atoms with van der Waals surface area (Å²) in [6.07, 6.45) is 1.44. The van der Waals surface area contributed by atoms with Crippen LogP contribution in [0.4, 0.5) is 5.69 Å². The Kier molecular flexibility index (Phi) is 6.06. The van der Waals surface area contributed by atoms with Crippen LogP contribution in [0.3, 0.4) is 0 Å². The van der Waals surface area contributed by atoms with Gasteiger partial charge in [-0.15, -0.1) is 0 Å². The average molecular weight is 463 g/mol. The maximum absolute atomic E-state index is 12.8. The van der Waals surface area contributed by atoms with E-state index >= 15 is 0 Å². The van der Waals surface area contributed by atoms with Crippen molar-refractivity contribution in [3.8, 4) is 0 Å². The summed E-state index contributed by atoms with van der Waals surface area (Å²) in [6, 6.07) is 29.5. The molecule has 5 heteroatoms. The molecule has 5 rings (SSSR count). The van der Waals surface area contributed by atoms with Gasteiger partial charge in [0.15, 0.2) is 0 Å². The second kappa shape index (κ2) is 9.47. The van der Waals surface area contributed by atoms with E-state index in [4.69, 9.17) is 0 Å². The first kappa shape index (κ1) is 22.4. The number of benzene rings is 4. The van der Waals surface area contributed by atoms with Gasteiger partial charge in [0.25, 0.3) is 5.91 Å². The number of carboxylic acids is 1. The molecular weight excluding hydrogens is 436 g/mol. The largest absolute Gasteiger partial charge is 0.480 e. The number of aromatic nitrogens is 1. The number of hydrogen-bond donors (Lipinski definition) is 2. The Hall–Kier alpha value is -4.38. The number of carbonyl (C=O) groups is 2. The van der Waals surface area contributed by atoms with Crippen LogP contribution in [0.25, 0.3) is 21.7 Å². The molecule has 1 aromatic heterocycles. The molecule has 1 amide bonds. The molecule has 174 valence electrons. The summed E-state index contributed by atoms with van der Waals surface area (Å²) in [5.74, 6) is -0.993. The van der Waals surface area contributed by atoms with Gasteiger partial charge in [0, 0.05) is 27.8 Å². The van der Waals surface area contributed by atoms with E-state index in [0.29, 0.717) is 12.0 Å². The highest BCUT2D eigenvalue weighted by Crippen LogP contribution is 2.29. The quantitative estimate of drug-likeness (QED) is 0.299. The number of fused-ring (bicyclic) bond motifs is 2. The fourth-order valence-corrected chi connectivity index (χ4v) is 4.79. The van der Waals surface area contributed by atoms with Gasteiger partial charge in [-0.1, -0.05) is 67.6 Å². The predicted octanol–water partition coefficient (Wildman–Crippen LogP) is 6.28. The third-order valence-electron chi connectivity index (χ3n) is 6.43. The van der Waals surface area contributed by atoms with Crippen molar-refractivity contribution in [1.82, 2.24) is 4.57 Å². The average Bonchev–Trinajstić information content (AvgIpc) is 3.16. The van der Waals surface area contributed by atoms with Gasteiger partial charge in [0.05, 0.1) is 0 Å². The van der Waals surface area contributed by atoms with Crippen LogP contribution in [0.1, 0.15) is 34.1 Å². The number of nitrogens with zero attached hydrogens (tertiary/aromatic N) is 1. The van der Waals surface area contributed by atoms with Gasteiger partial charge in [0.1, 0.15) is 6.54 Å². The minimum absolute atomic E-state index is 0.0522. The van der Waals surface area contributed by atoms with E-state index in [2.05, 4.69) is 18.3 Å². The summed E-state index contributed by atoms with van der Waals surface area (Å²) in [4.78, 5) is 24.3. The molecule has 0 bridgehead atoms. The second-order valence-electron chi connectivity index (χ2n) is 8.67. The third kappa shape index (κ3) is 4.53. The standard InChI is InChI=1S/C30H26N2O3/c1-2-27-26(25-9-5-6-10-28(25)32(27)19-29(33)34)17-20-11-15-24(16-12-20)31-30(35)23-14-13-21-7-3-4-8-22(21)18-23/h3-16,18H,2,17,19H2,1H3,(H,31,35)(H,33,34). The van der Waals surface area contributed by atoms with Crippen molar-refractivity contribution in [2.24, 2.45) is 0 Å². The van der Waals surface area contributed by atoms with Gasteiger partial charge >= 0.3 is 5.97 Å². The van der Waals surface area contributed by atoms with E-state index in [9.17, 15) is 14.7 Å². The molecule has 1 heterocycles. The van der Waals surface area contributed by atoms with Crippen LogP contribution in [0.2, 0.25) is 0 Å². The Morgan fingerprint density at radius 3 is 2.31 bits per heavy atom. The zero-order valence-corrected chi connectivity index (χ0v) is 19.5. The van der Waals surface area contributed by atoms with Gasteiger partial charge in [-0.25, -0.2) is 0 Å². The first-order chi connectivity index (χ1) is 17.0. The van der Waals surface area contributed by atoms with Crippen LogP contribution in [-0.4, -0.2) is 21.6 Å². The highest BCUT2D eigenvalue weighted by Gasteiger charge is 2.17. The maximum atomic E-state index is 12.8. The number of amides is 1. The Morgan fingerprint density at radius 2 is 1.57 bits per heavy atom. The molecule has 0 saturated heterocycles. The molecule has 0 unspecified atom stereocenters. The number of aliphatic carboxylic acids is 1. The lowest BCUT2D eigenvalue weighted by Crippen LogP contribution is -2.12. The van der Waals surface area contributed by atoms with E-state index < -0.39 is 5.97 Å². The smallest absolute Gasteiger partial charge is 0.323 e. The molecule has 5 nitrogen and oxygen atoms in total. The first-order valence-electron chi connectivity index (χ1n) is 11.7. The SMILES string of the molecule is CCc1c(Cc2ccc(NC(=O)c3ccc4ccccc4c3)cc2)c2ccccc2n1CC(=O)O. The summed E-state index contributed by atoms with van der Waals surface area (Å²) in [6.45, 7) is 2.00. The molecule has 0 aliphatic carbocycles. The lowest BCUT2D eigenvalue weighted by Gasteiger charge is -2.10. The van der Waals surface area contributed by atoms with Crippen LogP contribution in [0, 0.1) is 0 Å². The number of carboxylic acid groups (broad SMARTS) is 1. The normalized spacial score (nSPS) is 11.1. The van der Waals surface area contributed by atoms with Gasteiger partial charge in [-0.05, 0) is 65.1 Å². The van der Waals surface area contributed by atoms with Crippen LogP contribution < -0.4 is 5.32 Å². The van der Waals surface area contributed by atoms with E-state index in [0.717, 1.165) is 50.6 Å². The number of anilines is 1. The number of hydrogen-bond acceptors (Lipinski definition) is 2. The monoisotopic (exact) mass is 462 g/mol. The number of para-hydroxylation sites is 1. The second-order valence-corrected chi connectivity index (χ2v) is 8.67. The minimum atomic E-state index is -0.849. The number of nitrogens with one attached hydrogen (secondary N) is 1. The minimum Gasteiger partial charge on any atom is -0.480 e. The van der Waals surface area contributed by atoms with Crippen molar-refractivity contribution in [1.29, 1.82) is 0 Å². The van der Waals surface area contributed by atoms with Crippen LogP contribution in [0.5, 0.6) is 0 Å². The summed E-state index contributed by atoms with van der Waals surface area (Å²) in [7, 11) is 0. The molecule has 35 heavy (non-hydrogen) atoms. The summed E-state index contributed by atoms with van der Waals surface area (Å²) in [5, 5.41) is 15.6. The molecule has 0 fully saturated rings. The van der Waals surface area contributed by atoms with Crippen molar-refractivity contribution >= 4 is 39.2 Å². The Labute approximate surface area is 203 Å². The van der Waals surface area contributed by atoms with Gasteiger partial charge in [0.2, 0.25) is 0 Å². The predicted molar refractivity (Wildman–Crippen MR) is 140 cm³/mol. The zero-order valence-electron chi connectivity index (χ0n) is 19.5. The highest BCUT2D eigenvalue weighted by molar-refractivity contribution is 6.06. The zero-order chi connectivity index (χ0) is 24.4. The van der Waals surface area contributed by atoms with Crippen molar-refractivity contribution in [3.05, 3.63) is 113 Å². The fraction of sp³-hybridized carbons (Fsp3) is 0.133. The topological polar surface area (TPSA) is 71.3 Å². The van der Waals surface area contributed by atoms with Crippen molar-refractivity contribution in [2.75, 3.05) is 5.32 Å². The van der Waals surface area contributed by atoms with Gasteiger partial charge in [-0.3, -0.25) is 9.59 Å². The molecule has 5 aromatic rings. The molecule has 4 aromatic carbocycles. The molecule has 0 saturated carbocycles. The van der Waals surface area contributed by atoms with Crippen molar-refractivity contribution < 1.29 is 14.7 Å². The lowest BCUT2D eigenvalue weighted by atomic mass is 10.0. The fourth-order valence-electron chi connectivity index (χ4n) is 4.79. The molecule has 2 N–H and O–H groups in total. The van der Waals surface area contributed by atoms with E-state index in [1.807, 2.05) is 89.5 Å². The van der Waals surface area contributed by atoms with E-state index in [1.165, 1.54) is 0 Å². The molecule has 0 atom stereocenters. The first-order valence-corrected chi connectivity index (χ1v) is 11.7. The maximum Gasteiger partial charge on any atom is 0.323 e. The highest BCUT2D eigenvalue weighted by atomic mass is 16.4. The van der Waals surface area contributed by atoms with Crippen LogP contribution in [0.15, 0.2) is 91.0 Å². The van der Waals surface area contributed by atoms with Crippen LogP contribution in [-0.2, 0) is 24.2 Å². The van der Waals surface area contributed by atoms with Crippen LogP contribution >= 0.6 is 0 Å². The summed E-state index contributed by atoms with van der Waals surface area (Å²) in [5.41, 5.74) is 5.59. The third-order valence-corrected chi connectivity index (χ3v) is 6.43. The Bertz CT molecular complexity index is 1550. The van der Waals surface area contributed by atoms with Gasteiger partial charge in [-0.2, -0.15) is 0 Å². The molecule has 0 aliphatic heterocycles. The molecule has 0 aliphatic rings. The summed E-state index contributed by atoms with van der Waals surface area (Å²) >= 11 is 0. The Balaban J connectivity index is 1.37. The van der Waals surface area contributed by atoms with Crippen molar-refractivity contribution in [3.63, 3.8) is 0 Å². The lowest BCUT2D eigenvalue weighted by molar-refractivity contribution is -0.137. The Morgan fingerprint density at radius 1 is 0.857 bits per heavy atom. The number of carbonyl (C=O) groups excluding carboxylic acids is 1. The van der Waals surface area contributed by atoms with E-state index in [1.54, 1.807) is 0 Å². The van der Waals surface area contributed by atoms with E-state index in [-0.39, 0.29) is 12.5 Å². The molecule has 0 radical (unpaired) electrons. The number of rotatable bonds is 7. The molecule has 0 spiro atoms. The van der Waals surface area contributed by atoms with Gasteiger partial charge < -0.3 is 15.0 Å². The summed E-state index contributed by atoms with van der Waals surface area (Å²) < 4.78 is 1.91.